The highest BCUT2D eigenvalue weighted by Gasteiger charge is 2.27. The summed E-state index contributed by atoms with van der Waals surface area (Å²) in [7, 11) is 0. The second kappa shape index (κ2) is 5.38. The smallest absolute Gasteiger partial charge is 0.242 e. The molecule has 1 N–H and O–H groups in total. The zero-order valence-corrected chi connectivity index (χ0v) is 11.2. The topological polar surface area (TPSA) is 47.4 Å². The van der Waals surface area contributed by atoms with Crippen molar-refractivity contribution in [1.82, 2.24) is 9.80 Å². The first-order chi connectivity index (χ1) is 9.06. The number of halogens is 1. The zero-order chi connectivity index (χ0) is 14.0. The molecule has 0 saturated heterocycles. The van der Waals surface area contributed by atoms with E-state index in [-0.39, 0.29) is 24.1 Å². The molecule has 0 fully saturated rings. The van der Waals surface area contributed by atoms with Crippen LogP contribution in [-0.4, -0.2) is 41.2 Å². The molecule has 1 heterocycles. The van der Waals surface area contributed by atoms with Crippen LogP contribution in [0, 0.1) is 11.2 Å². The molecular weight excluding hydrogens is 245 g/mol. The van der Waals surface area contributed by atoms with E-state index in [9.17, 15) is 9.18 Å². The number of hydrogen-bond acceptors (Lipinski definition) is 2. The van der Waals surface area contributed by atoms with Gasteiger partial charge < -0.3 is 9.80 Å². The summed E-state index contributed by atoms with van der Waals surface area (Å²) in [6.45, 7) is 5.87. The van der Waals surface area contributed by atoms with Crippen molar-refractivity contribution in [3.05, 3.63) is 35.1 Å². The van der Waals surface area contributed by atoms with E-state index < -0.39 is 0 Å². The molecule has 0 unspecified atom stereocenters. The molecule has 0 radical (unpaired) electrons. The molecule has 1 aromatic carbocycles. The number of nitrogens with zero attached hydrogens (tertiary/aromatic N) is 2. The minimum absolute atomic E-state index is 0.00280. The Kier molecular flexibility index (Phi) is 3.83. The van der Waals surface area contributed by atoms with Gasteiger partial charge in [-0.05, 0) is 31.5 Å². The molecule has 0 spiro atoms. The van der Waals surface area contributed by atoms with Crippen LogP contribution in [0.5, 0.6) is 0 Å². The van der Waals surface area contributed by atoms with Gasteiger partial charge in [-0.2, -0.15) is 0 Å². The number of rotatable bonds is 4. The van der Waals surface area contributed by atoms with Crippen molar-refractivity contribution in [2.24, 2.45) is 0 Å². The normalized spacial score (nSPS) is 13.6. The molecule has 0 atom stereocenters. The molecule has 5 heteroatoms. The summed E-state index contributed by atoms with van der Waals surface area (Å²) in [5.41, 5.74) is 1.49. The van der Waals surface area contributed by atoms with Crippen LogP contribution in [0.1, 0.15) is 25.0 Å². The van der Waals surface area contributed by atoms with Gasteiger partial charge in [0.2, 0.25) is 5.91 Å². The van der Waals surface area contributed by atoms with E-state index in [1.807, 2.05) is 13.8 Å². The van der Waals surface area contributed by atoms with Gasteiger partial charge in [0.1, 0.15) is 11.7 Å². The Morgan fingerprint density at radius 3 is 2.74 bits per heavy atom. The van der Waals surface area contributed by atoms with E-state index in [1.165, 1.54) is 12.1 Å². The molecular formula is C14H18FN3O. The first-order valence-corrected chi connectivity index (χ1v) is 6.46. The zero-order valence-electron chi connectivity index (χ0n) is 11.2. The first kappa shape index (κ1) is 13.5. The molecule has 102 valence electrons. The summed E-state index contributed by atoms with van der Waals surface area (Å²) in [6.07, 6.45) is 0. The molecule has 4 nitrogen and oxygen atoms in total. The summed E-state index contributed by atoms with van der Waals surface area (Å²) in [6, 6.07) is 4.43. The van der Waals surface area contributed by atoms with Gasteiger partial charge in [-0.1, -0.05) is 6.07 Å². The van der Waals surface area contributed by atoms with E-state index in [0.29, 0.717) is 25.2 Å². The fourth-order valence-corrected chi connectivity index (χ4v) is 2.34. The number of benzene rings is 1. The summed E-state index contributed by atoms with van der Waals surface area (Å²) >= 11 is 0. The predicted molar refractivity (Wildman–Crippen MR) is 71.6 cm³/mol. The number of amides is 1. The molecule has 2 rings (SSSR count). The molecule has 0 saturated carbocycles. The van der Waals surface area contributed by atoms with E-state index in [0.717, 1.165) is 5.56 Å². The Labute approximate surface area is 112 Å². The summed E-state index contributed by atoms with van der Waals surface area (Å²) in [4.78, 5) is 15.5. The van der Waals surface area contributed by atoms with Crippen molar-refractivity contribution in [2.45, 2.75) is 20.4 Å². The molecule has 1 aliphatic rings. The number of likely N-dealkylation sites (N-methyl/N-ethyl adjacent to an activating group) is 1. The first-order valence-electron chi connectivity index (χ1n) is 6.46. The number of amidine groups is 1. The van der Waals surface area contributed by atoms with Crippen molar-refractivity contribution in [3.63, 3.8) is 0 Å². The number of carbonyl (C=O) groups excluding carboxylic acids is 1. The van der Waals surface area contributed by atoms with Crippen LogP contribution in [0.4, 0.5) is 4.39 Å². The lowest BCUT2D eigenvalue weighted by molar-refractivity contribution is -0.131. The Morgan fingerprint density at radius 2 is 2.11 bits per heavy atom. The van der Waals surface area contributed by atoms with E-state index in [2.05, 4.69) is 0 Å². The molecule has 1 aromatic rings. The molecule has 0 aliphatic carbocycles. The van der Waals surface area contributed by atoms with Gasteiger partial charge in [-0.25, -0.2) is 4.39 Å². The fraction of sp³-hybridized carbons (Fsp3) is 0.429. The quantitative estimate of drug-likeness (QED) is 0.901. The summed E-state index contributed by atoms with van der Waals surface area (Å²) in [5.74, 6) is -0.113. The van der Waals surface area contributed by atoms with Gasteiger partial charge in [0.05, 0.1) is 6.54 Å². The minimum Gasteiger partial charge on any atom is -0.343 e. The van der Waals surface area contributed by atoms with Gasteiger partial charge in [-0.3, -0.25) is 10.2 Å². The monoisotopic (exact) mass is 263 g/mol. The van der Waals surface area contributed by atoms with E-state index in [4.69, 9.17) is 5.41 Å². The second-order valence-corrected chi connectivity index (χ2v) is 4.57. The maximum atomic E-state index is 13.2. The van der Waals surface area contributed by atoms with Crippen molar-refractivity contribution in [1.29, 1.82) is 5.41 Å². The summed E-state index contributed by atoms with van der Waals surface area (Å²) in [5, 5.41) is 8.02. The highest BCUT2D eigenvalue weighted by molar-refractivity contribution is 6.01. The number of nitrogens with one attached hydrogen (secondary N) is 1. The number of hydrogen-bond donors (Lipinski definition) is 1. The van der Waals surface area contributed by atoms with Gasteiger partial charge in [0.15, 0.2) is 0 Å². The molecule has 1 aliphatic heterocycles. The lowest BCUT2D eigenvalue weighted by Gasteiger charge is -2.23. The van der Waals surface area contributed by atoms with E-state index >= 15 is 0 Å². The molecule has 0 aromatic heterocycles. The van der Waals surface area contributed by atoms with Gasteiger partial charge in [-0.15, -0.1) is 0 Å². The lowest BCUT2D eigenvalue weighted by atomic mass is 10.1. The summed E-state index contributed by atoms with van der Waals surface area (Å²) < 4.78 is 13.2. The standard InChI is InChI=1S/C14H18FN3O/c1-3-17(4-2)13(19)9-18-8-10-5-6-11(15)7-12(10)14(18)16/h5-7,16H,3-4,8-9H2,1-2H3. The molecule has 1 amide bonds. The number of carbonyl (C=O) groups is 1. The Balaban J connectivity index is 2.10. The predicted octanol–water partition coefficient (Wildman–Crippen LogP) is 1.84. The SMILES string of the molecule is CCN(CC)C(=O)CN1Cc2ccc(F)cc2C1=N. The van der Waals surface area contributed by atoms with E-state index in [1.54, 1.807) is 15.9 Å². The van der Waals surface area contributed by atoms with Crippen LogP contribution in [0.25, 0.3) is 0 Å². The minimum atomic E-state index is -0.347. The second-order valence-electron chi connectivity index (χ2n) is 4.57. The third-order valence-electron chi connectivity index (χ3n) is 3.45. The maximum absolute atomic E-state index is 13.2. The van der Waals surface area contributed by atoms with Crippen molar-refractivity contribution in [2.75, 3.05) is 19.6 Å². The highest BCUT2D eigenvalue weighted by Crippen LogP contribution is 2.23. The van der Waals surface area contributed by atoms with Gasteiger partial charge >= 0.3 is 0 Å². The number of fused-ring (bicyclic) bond motifs is 1. The van der Waals surface area contributed by atoms with Crippen LogP contribution in [0.2, 0.25) is 0 Å². The molecule has 0 bridgehead atoms. The maximum Gasteiger partial charge on any atom is 0.242 e. The van der Waals surface area contributed by atoms with Gasteiger partial charge in [0.25, 0.3) is 0 Å². The Hall–Kier alpha value is -1.91. The van der Waals surface area contributed by atoms with Crippen LogP contribution >= 0.6 is 0 Å². The third kappa shape index (κ3) is 2.59. The molecule has 19 heavy (non-hydrogen) atoms. The highest BCUT2D eigenvalue weighted by atomic mass is 19.1. The van der Waals surface area contributed by atoms with Crippen LogP contribution in [0.15, 0.2) is 18.2 Å². The largest absolute Gasteiger partial charge is 0.343 e. The Morgan fingerprint density at radius 1 is 1.42 bits per heavy atom. The average molecular weight is 263 g/mol. The van der Waals surface area contributed by atoms with Crippen molar-refractivity contribution >= 4 is 11.7 Å². The van der Waals surface area contributed by atoms with Crippen LogP contribution in [-0.2, 0) is 11.3 Å². The van der Waals surface area contributed by atoms with Crippen LogP contribution in [0.3, 0.4) is 0 Å². The Bertz CT molecular complexity index is 511. The van der Waals surface area contributed by atoms with Gasteiger partial charge in [0, 0.05) is 25.2 Å². The van der Waals surface area contributed by atoms with Crippen molar-refractivity contribution < 1.29 is 9.18 Å². The fourth-order valence-electron chi connectivity index (χ4n) is 2.34. The van der Waals surface area contributed by atoms with Crippen molar-refractivity contribution in [3.8, 4) is 0 Å². The third-order valence-corrected chi connectivity index (χ3v) is 3.45. The lowest BCUT2D eigenvalue weighted by Crippen LogP contribution is -2.40. The average Bonchev–Trinajstić information content (AvgIpc) is 2.68. The van der Waals surface area contributed by atoms with Crippen LogP contribution < -0.4 is 0 Å².